The number of carbonyl (C=O) groups excluding carboxylic acids is 1. The highest BCUT2D eigenvalue weighted by atomic mass is 16.5. The Morgan fingerprint density at radius 1 is 1.31 bits per heavy atom. The van der Waals surface area contributed by atoms with Gasteiger partial charge in [0.15, 0.2) is 5.82 Å². The number of fused-ring (bicyclic) bond motifs is 1. The second-order valence-electron chi connectivity index (χ2n) is 6.46. The fourth-order valence-electron chi connectivity index (χ4n) is 2.88. The van der Waals surface area contributed by atoms with Crippen molar-refractivity contribution < 1.29 is 9.53 Å². The van der Waals surface area contributed by atoms with Gasteiger partial charge in [-0.15, -0.1) is 0 Å². The average Bonchev–Trinajstić information content (AvgIpc) is 3.36. The highest BCUT2D eigenvalue weighted by Crippen LogP contribution is 2.28. The van der Waals surface area contributed by atoms with Gasteiger partial charge in [0, 0.05) is 30.0 Å². The van der Waals surface area contributed by atoms with Crippen LogP contribution in [0.4, 0.5) is 0 Å². The molecule has 3 N–H and O–H groups in total. The molecule has 2 heterocycles. The molecular weight excluding hydrogens is 368 g/mol. The third kappa shape index (κ3) is 5.19. The van der Waals surface area contributed by atoms with Crippen molar-refractivity contribution in [3.63, 3.8) is 0 Å². The third-order valence-corrected chi connectivity index (χ3v) is 4.21. The molecular formula is C21H24N6O2. The topological polar surface area (TPSA) is 109 Å². The number of nitrogens with one attached hydrogen (secondary N) is 3. The van der Waals surface area contributed by atoms with Gasteiger partial charge in [0.05, 0.1) is 17.9 Å². The van der Waals surface area contributed by atoms with E-state index in [1.54, 1.807) is 6.08 Å². The molecule has 0 aliphatic heterocycles. The van der Waals surface area contributed by atoms with E-state index in [-0.39, 0.29) is 5.91 Å². The zero-order chi connectivity index (χ0) is 20.6. The third-order valence-electron chi connectivity index (χ3n) is 4.21. The Morgan fingerprint density at radius 3 is 2.90 bits per heavy atom. The van der Waals surface area contributed by atoms with Gasteiger partial charge in [0.25, 0.3) is 0 Å². The summed E-state index contributed by atoms with van der Waals surface area (Å²) in [6.07, 6.45) is 7.75. The van der Waals surface area contributed by atoms with Gasteiger partial charge in [-0.2, -0.15) is 10.2 Å². The predicted octanol–water partition coefficient (Wildman–Crippen LogP) is 3.36. The second-order valence-corrected chi connectivity index (χ2v) is 6.46. The summed E-state index contributed by atoms with van der Waals surface area (Å²) < 4.78 is 5.77. The standard InChI is InChI=1S/C21H24N6O2/c1-4-6-16(11-14(2)29-10-5-9-22-15(3)28)20-18-12-17(21-23-13-24-27-21)7-8-19(18)25-26-20/h4,6-8,11-13H,1,5,9-10H2,2-3H3,(H,22,28)(H,25,26)(H,23,24,27)/b14-11+,16-6+. The molecule has 8 heteroatoms. The molecule has 3 aromatic rings. The Morgan fingerprint density at radius 2 is 2.17 bits per heavy atom. The number of ether oxygens (including phenoxy) is 1. The Bertz CT molecular complexity index is 1050. The molecule has 0 saturated heterocycles. The number of allylic oxidation sites excluding steroid dienone is 5. The molecule has 8 nitrogen and oxygen atoms in total. The lowest BCUT2D eigenvalue weighted by molar-refractivity contribution is -0.118. The molecule has 0 aliphatic rings. The molecule has 1 amide bonds. The summed E-state index contributed by atoms with van der Waals surface area (Å²) >= 11 is 0. The lowest BCUT2D eigenvalue weighted by Gasteiger charge is -2.08. The summed E-state index contributed by atoms with van der Waals surface area (Å²) in [7, 11) is 0. The molecule has 1 aromatic carbocycles. The first-order valence-electron chi connectivity index (χ1n) is 9.31. The van der Waals surface area contributed by atoms with Crippen molar-refractivity contribution in [3.8, 4) is 11.4 Å². The van der Waals surface area contributed by atoms with Gasteiger partial charge in [0.1, 0.15) is 12.0 Å². The number of H-pyrrole nitrogens is 2. The van der Waals surface area contributed by atoms with Crippen molar-refractivity contribution in [2.24, 2.45) is 0 Å². The smallest absolute Gasteiger partial charge is 0.216 e. The van der Waals surface area contributed by atoms with E-state index in [9.17, 15) is 4.79 Å². The van der Waals surface area contributed by atoms with Crippen LogP contribution >= 0.6 is 0 Å². The fraction of sp³-hybridized carbons (Fsp3) is 0.238. The van der Waals surface area contributed by atoms with Crippen molar-refractivity contribution in [2.45, 2.75) is 20.3 Å². The van der Waals surface area contributed by atoms with E-state index in [0.29, 0.717) is 19.0 Å². The normalized spacial score (nSPS) is 12.2. The fourth-order valence-corrected chi connectivity index (χ4v) is 2.88. The number of nitrogens with zero attached hydrogens (tertiary/aromatic N) is 3. The largest absolute Gasteiger partial charge is 0.498 e. The van der Waals surface area contributed by atoms with Gasteiger partial charge in [-0.3, -0.25) is 15.0 Å². The van der Waals surface area contributed by atoms with Crippen molar-refractivity contribution in [1.29, 1.82) is 0 Å². The van der Waals surface area contributed by atoms with Crippen LogP contribution in [0.2, 0.25) is 0 Å². The van der Waals surface area contributed by atoms with E-state index >= 15 is 0 Å². The summed E-state index contributed by atoms with van der Waals surface area (Å²) in [5, 5.41) is 18.0. The molecule has 0 saturated carbocycles. The number of carbonyl (C=O) groups is 1. The Labute approximate surface area is 168 Å². The molecule has 0 fully saturated rings. The first-order chi connectivity index (χ1) is 14.1. The zero-order valence-electron chi connectivity index (χ0n) is 16.5. The van der Waals surface area contributed by atoms with Crippen LogP contribution < -0.4 is 5.32 Å². The Hall–Kier alpha value is -3.68. The van der Waals surface area contributed by atoms with E-state index in [1.807, 2.05) is 37.3 Å². The summed E-state index contributed by atoms with van der Waals surface area (Å²) in [6.45, 7) is 8.31. The minimum absolute atomic E-state index is 0.0384. The molecule has 29 heavy (non-hydrogen) atoms. The van der Waals surface area contributed by atoms with Crippen LogP contribution in [0, 0.1) is 0 Å². The average molecular weight is 392 g/mol. The zero-order valence-corrected chi connectivity index (χ0v) is 16.5. The minimum atomic E-state index is -0.0384. The van der Waals surface area contributed by atoms with E-state index in [1.165, 1.54) is 13.3 Å². The van der Waals surface area contributed by atoms with Gasteiger partial charge in [0.2, 0.25) is 5.91 Å². The van der Waals surface area contributed by atoms with E-state index < -0.39 is 0 Å². The maximum absolute atomic E-state index is 10.9. The van der Waals surface area contributed by atoms with Crippen LogP contribution in [0.1, 0.15) is 26.0 Å². The first kappa shape index (κ1) is 20.1. The predicted molar refractivity (Wildman–Crippen MR) is 113 cm³/mol. The minimum Gasteiger partial charge on any atom is -0.498 e. The Kier molecular flexibility index (Phi) is 6.57. The van der Waals surface area contributed by atoms with Gasteiger partial charge < -0.3 is 10.1 Å². The molecule has 0 atom stereocenters. The van der Waals surface area contributed by atoms with Crippen LogP contribution in [0.3, 0.4) is 0 Å². The molecule has 0 unspecified atom stereocenters. The van der Waals surface area contributed by atoms with Gasteiger partial charge >= 0.3 is 0 Å². The number of aromatic amines is 2. The van der Waals surface area contributed by atoms with Crippen LogP contribution in [-0.4, -0.2) is 44.4 Å². The summed E-state index contributed by atoms with van der Waals surface area (Å²) in [6, 6.07) is 5.94. The number of rotatable bonds is 9. The van der Waals surface area contributed by atoms with Crippen LogP contribution in [-0.2, 0) is 9.53 Å². The van der Waals surface area contributed by atoms with Gasteiger partial charge in [-0.1, -0.05) is 18.7 Å². The van der Waals surface area contributed by atoms with Crippen LogP contribution in [0.25, 0.3) is 27.9 Å². The highest BCUT2D eigenvalue weighted by Gasteiger charge is 2.12. The molecule has 0 aliphatic carbocycles. The molecule has 150 valence electrons. The van der Waals surface area contributed by atoms with E-state index in [4.69, 9.17) is 4.74 Å². The highest BCUT2D eigenvalue weighted by molar-refractivity contribution is 5.95. The quantitative estimate of drug-likeness (QED) is 0.294. The first-order valence-corrected chi connectivity index (χ1v) is 9.31. The lowest BCUT2D eigenvalue weighted by atomic mass is 10.0. The van der Waals surface area contributed by atoms with Crippen LogP contribution in [0.5, 0.6) is 0 Å². The van der Waals surface area contributed by atoms with Crippen LogP contribution in [0.15, 0.2) is 55.1 Å². The summed E-state index contributed by atoms with van der Waals surface area (Å²) in [5.74, 6) is 1.41. The number of benzene rings is 1. The van der Waals surface area contributed by atoms with E-state index in [0.717, 1.165) is 39.9 Å². The van der Waals surface area contributed by atoms with Crippen molar-refractivity contribution >= 4 is 22.4 Å². The van der Waals surface area contributed by atoms with Gasteiger partial charge in [-0.25, -0.2) is 4.98 Å². The maximum atomic E-state index is 10.9. The molecule has 0 bridgehead atoms. The molecule has 0 spiro atoms. The molecule has 0 radical (unpaired) electrons. The number of amides is 1. The molecule has 2 aromatic heterocycles. The SMILES string of the molecule is C=C/C=C(\C=C(/C)OCCCNC(C)=O)c1n[nH]c2ccc(-c3ncn[nH]3)cc12. The summed E-state index contributed by atoms with van der Waals surface area (Å²) in [5.41, 5.74) is 3.51. The van der Waals surface area contributed by atoms with E-state index in [2.05, 4.69) is 37.3 Å². The monoisotopic (exact) mass is 392 g/mol. The van der Waals surface area contributed by atoms with Crippen molar-refractivity contribution in [2.75, 3.05) is 13.2 Å². The van der Waals surface area contributed by atoms with Crippen molar-refractivity contribution in [3.05, 3.63) is 60.8 Å². The maximum Gasteiger partial charge on any atom is 0.216 e. The van der Waals surface area contributed by atoms with Gasteiger partial charge in [-0.05, 0) is 37.6 Å². The second kappa shape index (κ2) is 9.50. The number of aromatic nitrogens is 5. The summed E-state index contributed by atoms with van der Waals surface area (Å²) in [4.78, 5) is 15.1. The number of hydrogen-bond donors (Lipinski definition) is 3. The number of hydrogen-bond acceptors (Lipinski definition) is 5. The lowest BCUT2D eigenvalue weighted by Crippen LogP contribution is -2.21. The van der Waals surface area contributed by atoms with Crippen molar-refractivity contribution in [1.82, 2.24) is 30.7 Å². The molecule has 3 rings (SSSR count). The Balaban J connectivity index is 1.80.